The number of H-pyrrole nitrogens is 1. The van der Waals surface area contributed by atoms with Crippen molar-refractivity contribution in [1.82, 2.24) is 20.2 Å². The third-order valence-corrected chi connectivity index (χ3v) is 4.66. The first kappa shape index (κ1) is 19.2. The number of benzene rings is 1. The maximum atomic E-state index is 12.0. The quantitative estimate of drug-likeness (QED) is 0.703. The third kappa shape index (κ3) is 5.96. The molecule has 6 nitrogen and oxygen atoms in total. The van der Waals surface area contributed by atoms with Crippen LogP contribution in [0.4, 0.5) is 0 Å². The van der Waals surface area contributed by atoms with E-state index in [0.717, 1.165) is 43.9 Å². The zero-order chi connectivity index (χ0) is 18.9. The van der Waals surface area contributed by atoms with Crippen molar-refractivity contribution in [1.29, 1.82) is 0 Å². The Labute approximate surface area is 160 Å². The monoisotopic (exact) mass is 368 g/mol. The summed E-state index contributed by atoms with van der Waals surface area (Å²) < 4.78 is 6.25. The van der Waals surface area contributed by atoms with E-state index in [-0.39, 0.29) is 12.0 Å². The summed E-state index contributed by atoms with van der Waals surface area (Å²) in [5.41, 5.74) is 2.02. The average molecular weight is 368 g/mol. The third-order valence-electron chi connectivity index (χ3n) is 4.66. The van der Waals surface area contributed by atoms with Crippen LogP contribution in [0, 0.1) is 0 Å². The molecule has 1 aromatic heterocycles. The molecule has 2 heterocycles. The predicted molar refractivity (Wildman–Crippen MR) is 106 cm³/mol. The molecule has 2 aromatic rings. The number of amides is 1. The first-order chi connectivity index (χ1) is 13.2. The van der Waals surface area contributed by atoms with Gasteiger partial charge in [0.2, 0.25) is 5.91 Å². The molecule has 144 valence electrons. The number of aromatic amines is 1. The second kappa shape index (κ2) is 9.92. The number of nitrogens with one attached hydrogen (secondary N) is 2. The van der Waals surface area contributed by atoms with Gasteiger partial charge in [0.1, 0.15) is 11.9 Å². The van der Waals surface area contributed by atoms with E-state index < -0.39 is 0 Å². The number of nitrogens with zero attached hydrogens (tertiary/aromatic N) is 2. The molecule has 1 aromatic carbocycles. The maximum absolute atomic E-state index is 12.0. The number of carbonyl (C=O) groups excluding carboxylic acids is 1. The lowest BCUT2D eigenvalue weighted by molar-refractivity contribution is -0.116. The van der Waals surface area contributed by atoms with Crippen LogP contribution in [0.15, 0.2) is 42.9 Å². The molecular formula is C21H28N4O2. The lowest BCUT2D eigenvalue weighted by atomic mass is 10.1. The number of carbonyl (C=O) groups is 1. The van der Waals surface area contributed by atoms with Crippen LogP contribution in [0.5, 0.6) is 5.75 Å². The highest BCUT2D eigenvalue weighted by atomic mass is 16.5. The fourth-order valence-corrected chi connectivity index (χ4v) is 3.23. The summed E-state index contributed by atoms with van der Waals surface area (Å²) in [5.74, 6) is 0.895. The molecule has 0 saturated carbocycles. The molecule has 0 radical (unpaired) electrons. The summed E-state index contributed by atoms with van der Waals surface area (Å²) in [6, 6.07) is 8.25. The van der Waals surface area contributed by atoms with Crippen LogP contribution < -0.4 is 10.1 Å². The Morgan fingerprint density at radius 3 is 3.15 bits per heavy atom. The molecule has 1 unspecified atom stereocenters. The van der Waals surface area contributed by atoms with Crippen LogP contribution in [0.2, 0.25) is 0 Å². The molecule has 0 fully saturated rings. The molecule has 0 saturated heterocycles. The van der Waals surface area contributed by atoms with Gasteiger partial charge < -0.3 is 15.0 Å². The minimum Gasteiger partial charge on any atom is -0.489 e. The smallest absolute Gasteiger partial charge is 0.244 e. The van der Waals surface area contributed by atoms with E-state index in [1.165, 1.54) is 18.1 Å². The maximum Gasteiger partial charge on any atom is 0.244 e. The topological polar surface area (TPSA) is 70.2 Å². The van der Waals surface area contributed by atoms with E-state index in [2.05, 4.69) is 45.3 Å². The second-order valence-corrected chi connectivity index (χ2v) is 6.86. The van der Waals surface area contributed by atoms with Gasteiger partial charge in [-0.15, -0.1) is 0 Å². The van der Waals surface area contributed by atoms with E-state index in [1.807, 2.05) is 6.07 Å². The number of para-hydroxylation sites is 1. The van der Waals surface area contributed by atoms with Crippen LogP contribution in [-0.4, -0.2) is 46.5 Å². The lowest BCUT2D eigenvalue weighted by Crippen LogP contribution is -2.38. The van der Waals surface area contributed by atoms with Crippen LogP contribution in [-0.2, 0) is 11.3 Å². The summed E-state index contributed by atoms with van der Waals surface area (Å²) >= 11 is 0. The normalized spacial score (nSPS) is 17.3. The highest BCUT2D eigenvalue weighted by Crippen LogP contribution is 2.26. The molecular weight excluding hydrogens is 340 g/mol. The SMILES string of the molecule is CCCCC1CN(CCNC(=O)/C=C/c2cnc[nH]2)Cc2ccccc2O1. The first-order valence-corrected chi connectivity index (χ1v) is 9.66. The van der Waals surface area contributed by atoms with Crippen LogP contribution >= 0.6 is 0 Å². The second-order valence-electron chi connectivity index (χ2n) is 6.86. The summed E-state index contributed by atoms with van der Waals surface area (Å²) in [6.07, 6.45) is 10.1. The zero-order valence-electron chi connectivity index (χ0n) is 15.9. The molecule has 1 atom stereocenters. The molecule has 2 N–H and O–H groups in total. The lowest BCUT2D eigenvalue weighted by Gasteiger charge is -2.23. The number of ether oxygens (including phenoxy) is 1. The number of hydrogen-bond acceptors (Lipinski definition) is 4. The van der Waals surface area contributed by atoms with Gasteiger partial charge in [0.25, 0.3) is 0 Å². The Kier molecular flexibility index (Phi) is 7.04. The Hall–Kier alpha value is -2.60. The van der Waals surface area contributed by atoms with Crippen molar-refractivity contribution < 1.29 is 9.53 Å². The van der Waals surface area contributed by atoms with E-state index >= 15 is 0 Å². The van der Waals surface area contributed by atoms with Crippen molar-refractivity contribution in [2.45, 2.75) is 38.8 Å². The van der Waals surface area contributed by atoms with Crippen molar-refractivity contribution in [3.05, 3.63) is 54.1 Å². The summed E-state index contributed by atoms with van der Waals surface area (Å²) in [7, 11) is 0. The molecule has 0 aliphatic carbocycles. The Bertz CT molecular complexity index is 742. The van der Waals surface area contributed by atoms with Gasteiger partial charge in [0, 0.05) is 37.8 Å². The molecule has 27 heavy (non-hydrogen) atoms. The van der Waals surface area contributed by atoms with Crippen molar-refractivity contribution in [2.24, 2.45) is 0 Å². The van der Waals surface area contributed by atoms with Crippen LogP contribution in [0.25, 0.3) is 6.08 Å². The number of fused-ring (bicyclic) bond motifs is 1. The highest BCUT2D eigenvalue weighted by Gasteiger charge is 2.22. The molecule has 6 heteroatoms. The van der Waals surface area contributed by atoms with E-state index in [9.17, 15) is 4.79 Å². The number of hydrogen-bond donors (Lipinski definition) is 2. The molecule has 3 rings (SSSR count). The van der Waals surface area contributed by atoms with E-state index in [1.54, 1.807) is 18.6 Å². The largest absolute Gasteiger partial charge is 0.489 e. The van der Waals surface area contributed by atoms with E-state index in [0.29, 0.717) is 6.54 Å². The fraction of sp³-hybridized carbons (Fsp3) is 0.429. The van der Waals surface area contributed by atoms with Crippen molar-refractivity contribution in [2.75, 3.05) is 19.6 Å². The minimum absolute atomic E-state index is 0.0985. The standard InChI is InChI=1S/C21H28N4O2/c1-2-3-7-19-15-25(14-17-6-4-5-8-20(17)27-19)12-11-23-21(26)10-9-18-13-22-16-24-18/h4-6,8-10,13,16,19H,2-3,7,11-12,14-15H2,1H3,(H,22,24)(H,23,26)/b10-9+. The molecule has 0 bridgehead atoms. The van der Waals surface area contributed by atoms with Gasteiger partial charge in [-0.1, -0.05) is 31.5 Å². The summed E-state index contributed by atoms with van der Waals surface area (Å²) in [4.78, 5) is 21.2. The Morgan fingerprint density at radius 2 is 2.33 bits per heavy atom. The van der Waals surface area contributed by atoms with Gasteiger partial charge in [0.05, 0.1) is 18.2 Å². The molecule has 0 spiro atoms. The number of aromatic nitrogens is 2. The summed E-state index contributed by atoms with van der Waals surface area (Å²) in [5, 5.41) is 2.95. The Morgan fingerprint density at radius 1 is 1.44 bits per heavy atom. The molecule has 1 aliphatic rings. The number of unbranched alkanes of at least 4 members (excludes halogenated alkanes) is 1. The van der Waals surface area contributed by atoms with Gasteiger partial charge in [0.15, 0.2) is 0 Å². The fourth-order valence-electron chi connectivity index (χ4n) is 3.23. The van der Waals surface area contributed by atoms with Crippen LogP contribution in [0.3, 0.4) is 0 Å². The molecule has 1 amide bonds. The van der Waals surface area contributed by atoms with Crippen LogP contribution in [0.1, 0.15) is 37.4 Å². The predicted octanol–water partition coefficient (Wildman–Crippen LogP) is 2.99. The van der Waals surface area contributed by atoms with Crippen molar-refractivity contribution in [3.8, 4) is 5.75 Å². The van der Waals surface area contributed by atoms with Crippen molar-refractivity contribution in [3.63, 3.8) is 0 Å². The summed E-state index contributed by atoms with van der Waals surface area (Å²) in [6.45, 7) is 5.33. The number of rotatable bonds is 8. The van der Waals surface area contributed by atoms with Gasteiger partial charge in [-0.05, 0) is 25.0 Å². The zero-order valence-corrected chi connectivity index (χ0v) is 15.9. The Balaban J connectivity index is 1.52. The highest BCUT2D eigenvalue weighted by molar-refractivity contribution is 5.91. The number of imidazole rings is 1. The van der Waals surface area contributed by atoms with E-state index in [4.69, 9.17) is 4.74 Å². The minimum atomic E-state index is -0.0985. The van der Waals surface area contributed by atoms with Gasteiger partial charge in [-0.25, -0.2) is 4.98 Å². The van der Waals surface area contributed by atoms with Gasteiger partial charge in [-0.3, -0.25) is 9.69 Å². The first-order valence-electron chi connectivity index (χ1n) is 9.66. The molecule has 1 aliphatic heterocycles. The average Bonchev–Trinajstić information content (AvgIpc) is 3.12. The van der Waals surface area contributed by atoms with Gasteiger partial charge >= 0.3 is 0 Å². The van der Waals surface area contributed by atoms with Gasteiger partial charge in [-0.2, -0.15) is 0 Å². The van der Waals surface area contributed by atoms with Crippen molar-refractivity contribution >= 4 is 12.0 Å².